The van der Waals surface area contributed by atoms with Crippen LogP contribution < -0.4 is 10.6 Å². The summed E-state index contributed by atoms with van der Waals surface area (Å²) in [7, 11) is 0. The minimum absolute atomic E-state index is 0.00740. The molecule has 0 bridgehead atoms. The topological polar surface area (TPSA) is 126 Å². The number of fused-ring (bicyclic) bond motifs is 1. The molecule has 0 aliphatic heterocycles. The third-order valence-electron chi connectivity index (χ3n) is 4.65. The van der Waals surface area contributed by atoms with Crippen LogP contribution in [0.25, 0.3) is 11.0 Å². The average molecular weight is 428 g/mol. The SMILES string of the molecule is O=C(O)C(=O)Nc1ccc(NC(=O)c2cc3ccccc3o2)cc1C(=O)c1ccccc1. The molecule has 0 saturated carbocycles. The molecular weight excluding hydrogens is 412 g/mol. The van der Waals surface area contributed by atoms with E-state index < -0.39 is 23.6 Å². The van der Waals surface area contributed by atoms with Gasteiger partial charge in [-0.1, -0.05) is 48.5 Å². The first-order valence-electron chi connectivity index (χ1n) is 9.50. The summed E-state index contributed by atoms with van der Waals surface area (Å²) in [6.07, 6.45) is 0. The molecule has 1 heterocycles. The Kier molecular flexibility index (Phi) is 5.50. The molecule has 32 heavy (non-hydrogen) atoms. The van der Waals surface area contributed by atoms with E-state index in [1.807, 2.05) is 12.1 Å². The Bertz CT molecular complexity index is 1320. The number of carboxylic acid groups (broad SMARTS) is 1. The quantitative estimate of drug-likeness (QED) is 0.327. The van der Waals surface area contributed by atoms with Crippen molar-refractivity contribution in [2.75, 3.05) is 10.6 Å². The highest BCUT2D eigenvalue weighted by Gasteiger charge is 2.20. The van der Waals surface area contributed by atoms with Crippen molar-refractivity contribution in [1.29, 1.82) is 0 Å². The van der Waals surface area contributed by atoms with Gasteiger partial charge in [0.15, 0.2) is 11.5 Å². The van der Waals surface area contributed by atoms with Gasteiger partial charge in [-0.05, 0) is 30.3 Å². The molecule has 2 amide bonds. The lowest BCUT2D eigenvalue weighted by atomic mass is 10.0. The van der Waals surface area contributed by atoms with Crippen LogP contribution in [0.15, 0.2) is 83.3 Å². The lowest BCUT2D eigenvalue weighted by Crippen LogP contribution is -2.23. The van der Waals surface area contributed by atoms with E-state index in [9.17, 15) is 19.2 Å². The third-order valence-corrected chi connectivity index (χ3v) is 4.65. The minimum atomic E-state index is -1.69. The van der Waals surface area contributed by atoms with E-state index >= 15 is 0 Å². The highest BCUT2D eigenvalue weighted by molar-refractivity contribution is 6.37. The van der Waals surface area contributed by atoms with Crippen molar-refractivity contribution < 1.29 is 28.7 Å². The largest absolute Gasteiger partial charge is 0.474 e. The lowest BCUT2D eigenvalue weighted by Gasteiger charge is -2.12. The van der Waals surface area contributed by atoms with Gasteiger partial charge >= 0.3 is 11.9 Å². The Hall–Kier alpha value is -4.72. The number of carbonyl (C=O) groups is 4. The monoisotopic (exact) mass is 428 g/mol. The van der Waals surface area contributed by atoms with E-state index in [0.717, 1.165) is 5.39 Å². The average Bonchev–Trinajstić information content (AvgIpc) is 3.24. The maximum absolute atomic E-state index is 13.0. The standard InChI is InChI=1S/C24H16N2O6/c27-21(14-6-2-1-3-7-14)17-13-16(10-11-18(17)26-23(29)24(30)31)25-22(28)20-12-15-8-4-5-9-19(15)32-20/h1-13H,(H,25,28)(H,26,29)(H,30,31). The van der Waals surface area contributed by atoms with Gasteiger partial charge in [0, 0.05) is 22.2 Å². The number of ketones is 1. The van der Waals surface area contributed by atoms with Crippen LogP contribution >= 0.6 is 0 Å². The molecule has 3 N–H and O–H groups in total. The number of hydrogen-bond donors (Lipinski definition) is 3. The number of benzene rings is 3. The Morgan fingerprint density at radius 2 is 1.50 bits per heavy atom. The zero-order valence-corrected chi connectivity index (χ0v) is 16.5. The fourth-order valence-electron chi connectivity index (χ4n) is 3.13. The highest BCUT2D eigenvalue weighted by Crippen LogP contribution is 2.25. The van der Waals surface area contributed by atoms with Crippen molar-refractivity contribution in [3.05, 3.63) is 95.7 Å². The number of aliphatic carboxylic acids is 1. The molecule has 4 rings (SSSR count). The molecule has 0 spiro atoms. The second-order valence-electron chi connectivity index (χ2n) is 6.82. The van der Waals surface area contributed by atoms with E-state index in [0.29, 0.717) is 11.1 Å². The maximum atomic E-state index is 13.0. The third kappa shape index (κ3) is 4.24. The van der Waals surface area contributed by atoms with Gasteiger partial charge in [0.2, 0.25) is 0 Å². The summed E-state index contributed by atoms with van der Waals surface area (Å²) in [4.78, 5) is 48.2. The number of amides is 2. The first kappa shape index (κ1) is 20.5. The zero-order valence-electron chi connectivity index (χ0n) is 16.5. The molecule has 0 aliphatic carbocycles. The number of carboxylic acids is 1. The van der Waals surface area contributed by atoms with Gasteiger partial charge in [0.25, 0.3) is 5.91 Å². The fraction of sp³-hybridized carbons (Fsp3) is 0. The number of furan rings is 1. The van der Waals surface area contributed by atoms with E-state index in [1.54, 1.807) is 48.5 Å². The van der Waals surface area contributed by atoms with Crippen LogP contribution in [-0.2, 0) is 9.59 Å². The van der Waals surface area contributed by atoms with E-state index in [4.69, 9.17) is 9.52 Å². The van der Waals surface area contributed by atoms with Gasteiger partial charge in [0.1, 0.15) is 5.58 Å². The summed E-state index contributed by atoms with van der Waals surface area (Å²) in [6, 6.07) is 21.2. The van der Waals surface area contributed by atoms with Crippen LogP contribution in [0.4, 0.5) is 11.4 Å². The number of nitrogens with one attached hydrogen (secondary N) is 2. The van der Waals surface area contributed by atoms with Crippen LogP contribution in [0, 0.1) is 0 Å². The summed E-state index contributed by atoms with van der Waals surface area (Å²) in [5, 5.41) is 14.5. The van der Waals surface area contributed by atoms with E-state index in [1.165, 1.54) is 18.2 Å². The number of anilines is 2. The van der Waals surface area contributed by atoms with Crippen LogP contribution in [0.2, 0.25) is 0 Å². The van der Waals surface area contributed by atoms with Crippen LogP contribution in [0.5, 0.6) is 0 Å². The smallest absolute Gasteiger partial charge is 0.394 e. The highest BCUT2D eigenvalue weighted by atomic mass is 16.4. The lowest BCUT2D eigenvalue weighted by molar-refractivity contribution is -0.147. The molecule has 1 aromatic heterocycles. The minimum Gasteiger partial charge on any atom is -0.474 e. The molecule has 8 nitrogen and oxygen atoms in total. The molecule has 0 unspecified atom stereocenters. The van der Waals surface area contributed by atoms with Gasteiger partial charge in [-0.25, -0.2) is 4.79 Å². The second kappa shape index (κ2) is 8.57. The summed E-state index contributed by atoms with van der Waals surface area (Å²) in [5.74, 6) is -3.87. The summed E-state index contributed by atoms with van der Waals surface area (Å²) in [6.45, 7) is 0. The van der Waals surface area contributed by atoms with Gasteiger partial charge < -0.3 is 20.2 Å². The fourth-order valence-corrected chi connectivity index (χ4v) is 3.13. The number of carbonyl (C=O) groups excluding carboxylic acids is 3. The normalized spacial score (nSPS) is 10.5. The predicted molar refractivity (Wildman–Crippen MR) is 117 cm³/mol. The first-order valence-corrected chi connectivity index (χ1v) is 9.50. The second-order valence-corrected chi connectivity index (χ2v) is 6.82. The molecule has 0 radical (unpaired) electrons. The summed E-state index contributed by atoms with van der Waals surface area (Å²) in [5.41, 5.74) is 1.19. The molecule has 0 atom stereocenters. The zero-order chi connectivity index (χ0) is 22.7. The van der Waals surface area contributed by atoms with Crippen molar-refractivity contribution in [2.45, 2.75) is 0 Å². The number of para-hydroxylation sites is 1. The van der Waals surface area contributed by atoms with Crippen molar-refractivity contribution in [3.63, 3.8) is 0 Å². The van der Waals surface area contributed by atoms with Crippen molar-refractivity contribution in [1.82, 2.24) is 0 Å². The van der Waals surface area contributed by atoms with Gasteiger partial charge in [0.05, 0.1) is 5.69 Å². The Labute approximate surface area is 181 Å². The van der Waals surface area contributed by atoms with Gasteiger partial charge in [-0.3, -0.25) is 14.4 Å². The van der Waals surface area contributed by atoms with E-state index in [-0.39, 0.29) is 22.7 Å². The van der Waals surface area contributed by atoms with Crippen molar-refractivity contribution in [3.8, 4) is 0 Å². The van der Waals surface area contributed by atoms with Crippen molar-refractivity contribution in [2.24, 2.45) is 0 Å². The van der Waals surface area contributed by atoms with Gasteiger partial charge in [-0.2, -0.15) is 0 Å². The molecule has 0 fully saturated rings. The number of hydrogen-bond acceptors (Lipinski definition) is 5. The van der Waals surface area contributed by atoms with Gasteiger partial charge in [-0.15, -0.1) is 0 Å². The van der Waals surface area contributed by atoms with Crippen LogP contribution in [0.3, 0.4) is 0 Å². The molecule has 8 heteroatoms. The molecule has 158 valence electrons. The molecular formula is C24H16N2O6. The molecule has 4 aromatic rings. The predicted octanol–water partition coefficient (Wildman–Crippen LogP) is 3.94. The Morgan fingerprint density at radius 3 is 2.22 bits per heavy atom. The number of rotatable bonds is 5. The Morgan fingerprint density at radius 1 is 0.781 bits per heavy atom. The summed E-state index contributed by atoms with van der Waals surface area (Å²) < 4.78 is 5.55. The van der Waals surface area contributed by atoms with E-state index in [2.05, 4.69) is 10.6 Å². The first-order chi connectivity index (χ1) is 15.4. The molecule has 0 saturated heterocycles. The molecule has 0 aliphatic rings. The molecule has 3 aromatic carbocycles. The Balaban J connectivity index is 1.66. The van der Waals surface area contributed by atoms with Crippen molar-refractivity contribution >= 4 is 45.9 Å². The summed E-state index contributed by atoms with van der Waals surface area (Å²) >= 11 is 0. The van der Waals surface area contributed by atoms with Crippen LogP contribution in [0.1, 0.15) is 26.5 Å². The maximum Gasteiger partial charge on any atom is 0.394 e. The van der Waals surface area contributed by atoms with Crippen LogP contribution in [-0.4, -0.2) is 28.7 Å².